The lowest BCUT2D eigenvalue weighted by Gasteiger charge is -2.06. The van der Waals surface area contributed by atoms with Crippen molar-refractivity contribution in [3.05, 3.63) is 53.6 Å². The summed E-state index contributed by atoms with van der Waals surface area (Å²) in [4.78, 5) is 12.2. The Balaban J connectivity index is 1.75. The van der Waals surface area contributed by atoms with E-state index in [0.29, 0.717) is 23.2 Å². The van der Waals surface area contributed by atoms with Gasteiger partial charge in [0, 0.05) is 17.9 Å². The lowest BCUT2D eigenvalue weighted by atomic mass is 10.1. The summed E-state index contributed by atoms with van der Waals surface area (Å²) >= 11 is 0. The average Bonchev–Trinajstić information content (AvgIpc) is 2.97. The third-order valence-corrected chi connectivity index (χ3v) is 3.19. The highest BCUT2D eigenvalue weighted by Crippen LogP contribution is 2.14. The van der Waals surface area contributed by atoms with Crippen molar-refractivity contribution in [1.29, 1.82) is 0 Å². The van der Waals surface area contributed by atoms with Gasteiger partial charge in [-0.1, -0.05) is 12.1 Å². The van der Waals surface area contributed by atoms with Gasteiger partial charge in [0.25, 0.3) is 5.91 Å². The predicted molar refractivity (Wildman–Crippen MR) is 79.1 cm³/mol. The number of carbonyl (C=O) groups excluding carboxylic acids is 1. The SMILES string of the molecule is O=C(Nc1ccc(CCO)cc1)c1ccc2n[nH]nc2c1. The summed E-state index contributed by atoms with van der Waals surface area (Å²) in [6.07, 6.45) is 0.608. The number of anilines is 1. The number of rotatable bonds is 4. The fraction of sp³-hybridized carbons (Fsp3) is 0.133. The number of benzene rings is 2. The van der Waals surface area contributed by atoms with Crippen LogP contribution in [0.25, 0.3) is 11.0 Å². The summed E-state index contributed by atoms with van der Waals surface area (Å²) < 4.78 is 0. The minimum absolute atomic E-state index is 0.115. The van der Waals surface area contributed by atoms with Gasteiger partial charge in [0.2, 0.25) is 0 Å². The van der Waals surface area contributed by atoms with Crippen LogP contribution in [0.2, 0.25) is 0 Å². The molecule has 3 rings (SSSR count). The van der Waals surface area contributed by atoms with Gasteiger partial charge in [-0.3, -0.25) is 4.79 Å². The van der Waals surface area contributed by atoms with Crippen LogP contribution in [0.15, 0.2) is 42.5 Å². The second kappa shape index (κ2) is 5.72. The molecule has 0 atom stereocenters. The van der Waals surface area contributed by atoms with Gasteiger partial charge in [-0.05, 0) is 42.3 Å². The van der Waals surface area contributed by atoms with E-state index in [0.717, 1.165) is 11.1 Å². The monoisotopic (exact) mass is 282 g/mol. The molecule has 0 aliphatic heterocycles. The van der Waals surface area contributed by atoms with Gasteiger partial charge in [-0.25, -0.2) is 0 Å². The molecule has 6 heteroatoms. The Labute approximate surface area is 120 Å². The zero-order valence-corrected chi connectivity index (χ0v) is 11.2. The number of nitrogens with zero attached hydrogens (tertiary/aromatic N) is 2. The van der Waals surface area contributed by atoms with Crippen molar-refractivity contribution in [2.45, 2.75) is 6.42 Å². The smallest absolute Gasteiger partial charge is 0.255 e. The van der Waals surface area contributed by atoms with E-state index in [2.05, 4.69) is 20.7 Å². The van der Waals surface area contributed by atoms with Gasteiger partial charge in [0.1, 0.15) is 11.0 Å². The van der Waals surface area contributed by atoms with Crippen molar-refractivity contribution in [3.63, 3.8) is 0 Å². The molecule has 6 nitrogen and oxygen atoms in total. The molecule has 0 bridgehead atoms. The number of hydrogen-bond donors (Lipinski definition) is 3. The number of aliphatic hydroxyl groups is 1. The van der Waals surface area contributed by atoms with Gasteiger partial charge in [-0.15, -0.1) is 0 Å². The maximum atomic E-state index is 12.2. The Morgan fingerprint density at radius 1 is 1.10 bits per heavy atom. The number of aromatic nitrogens is 3. The molecule has 1 amide bonds. The number of fused-ring (bicyclic) bond motifs is 1. The fourth-order valence-corrected chi connectivity index (χ4v) is 2.07. The Morgan fingerprint density at radius 2 is 1.86 bits per heavy atom. The van der Waals surface area contributed by atoms with E-state index in [1.165, 1.54) is 0 Å². The lowest BCUT2D eigenvalue weighted by Crippen LogP contribution is -2.11. The van der Waals surface area contributed by atoms with Gasteiger partial charge < -0.3 is 10.4 Å². The minimum atomic E-state index is -0.199. The number of nitrogens with one attached hydrogen (secondary N) is 2. The Hall–Kier alpha value is -2.73. The van der Waals surface area contributed by atoms with Gasteiger partial charge >= 0.3 is 0 Å². The molecule has 0 fully saturated rings. The van der Waals surface area contributed by atoms with Crippen LogP contribution in [0.3, 0.4) is 0 Å². The van der Waals surface area contributed by atoms with Crippen LogP contribution in [0.1, 0.15) is 15.9 Å². The fourth-order valence-electron chi connectivity index (χ4n) is 2.07. The molecule has 106 valence electrons. The summed E-state index contributed by atoms with van der Waals surface area (Å²) in [6, 6.07) is 12.5. The first-order valence-corrected chi connectivity index (χ1v) is 6.58. The molecular formula is C15H14N4O2. The second-order valence-corrected chi connectivity index (χ2v) is 4.65. The molecule has 1 heterocycles. The normalized spacial score (nSPS) is 10.7. The topological polar surface area (TPSA) is 90.9 Å². The maximum Gasteiger partial charge on any atom is 0.255 e. The highest BCUT2D eigenvalue weighted by molar-refractivity contribution is 6.05. The van der Waals surface area contributed by atoms with Crippen LogP contribution in [0.4, 0.5) is 5.69 Å². The quantitative estimate of drug-likeness (QED) is 0.680. The van der Waals surface area contributed by atoms with Crippen molar-refractivity contribution in [1.82, 2.24) is 15.4 Å². The molecule has 0 saturated carbocycles. The maximum absolute atomic E-state index is 12.2. The first kappa shape index (κ1) is 13.3. The highest BCUT2D eigenvalue weighted by Gasteiger charge is 2.08. The predicted octanol–water partition coefficient (Wildman–Crippen LogP) is 1.74. The summed E-state index contributed by atoms with van der Waals surface area (Å²) in [6.45, 7) is 0.115. The lowest BCUT2D eigenvalue weighted by molar-refractivity contribution is 0.102. The van der Waals surface area contributed by atoms with E-state index in [9.17, 15) is 4.79 Å². The third kappa shape index (κ3) is 2.90. The molecule has 3 aromatic rings. The van der Waals surface area contributed by atoms with Crippen LogP contribution in [0, 0.1) is 0 Å². The molecule has 0 aliphatic rings. The van der Waals surface area contributed by atoms with E-state index >= 15 is 0 Å². The Morgan fingerprint density at radius 3 is 2.62 bits per heavy atom. The molecule has 0 unspecified atom stereocenters. The summed E-state index contributed by atoms with van der Waals surface area (Å²) in [5, 5.41) is 22.1. The molecule has 2 aromatic carbocycles. The van der Waals surface area contributed by atoms with Crippen LogP contribution in [0.5, 0.6) is 0 Å². The van der Waals surface area contributed by atoms with Crippen molar-refractivity contribution in [2.75, 3.05) is 11.9 Å². The van der Waals surface area contributed by atoms with Crippen molar-refractivity contribution in [2.24, 2.45) is 0 Å². The summed E-state index contributed by atoms with van der Waals surface area (Å²) in [7, 11) is 0. The van der Waals surface area contributed by atoms with E-state index in [1.54, 1.807) is 18.2 Å². The molecule has 0 radical (unpaired) electrons. The van der Waals surface area contributed by atoms with Gasteiger partial charge in [-0.2, -0.15) is 15.4 Å². The molecule has 0 spiro atoms. The van der Waals surface area contributed by atoms with E-state index < -0.39 is 0 Å². The standard InChI is InChI=1S/C15H14N4O2/c20-8-7-10-1-4-12(5-2-10)16-15(21)11-3-6-13-14(9-11)18-19-17-13/h1-6,9,20H,7-8H2,(H,16,21)(H,17,18,19). The van der Waals surface area contributed by atoms with E-state index in [1.807, 2.05) is 24.3 Å². The molecule has 3 N–H and O–H groups in total. The zero-order chi connectivity index (χ0) is 14.7. The molecule has 21 heavy (non-hydrogen) atoms. The number of hydrogen-bond acceptors (Lipinski definition) is 4. The second-order valence-electron chi connectivity index (χ2n) is 4.65. The number of H-pyrrole nitrogens is 1. The third-order valence-electron chi connectivity index (χ3n) is 3.19. The first-order valence-electron chi connectivity index (χ1n) is 6.58. The number of aromatic amines is 1. The minimum Gasteiger partial charge on any atom is -0.396 e. The number of aliphatic hydroxyl groups excluding tert-OH is 1. The molecule has 0 aliphatic carbocycles. The van der Waals surface area contributed by atoms with E-state index in [4.69, 9.17) is 5.11 Å². The van der Waals surface area contributed by atoms with E-state index in [-0.39, 0.29) is 12.5 Å². The number of carbonyl (C=O) groups is 1. The van der Waals surface area contributed by atoms with Crippen LogP contribution >= 0.6 is 0 Å². The molecule has 1 aromatic heterocycles. The first-order chi connectivity index (χ1) is 10.3. The van der Waals surface area contributed by atoms with Crippen molar-refractivity contribution in [3.8, 4) is 0 Å². The van der Waals surface area contributed by atoms with Crippen LogP contribution in [-0.4, -0.2) is 33.0 Å². The summed E-state index contributed by atoms with van der Waals surface area (Å²) in [5.41, 5.74) is 3.64. The highest BCUT2D eigenvalue weighted by atomic mass is 16.2. The average molecular weight is 282 g/mol. The van der Waals surface area contributed by atoms with Gasteiger partial charge in [0.05, 0.1) is 0 Å². The van der Waals surface area contributed by atoms with Gasteiger partial charge in [0.15, 0.2) is 0 Å². The Bertz CT molecular complexity index is 765. The Kier molecular flexibility index (Phi) is 3.61. The zero-order valence-electron chi connectivity index (χ0n) is 11.2. The largest absolute Gasteiger partial charge is 0.396 e. The van der Waals surface area contributed by atoms with Crippen LogP contribution < -0.4 is 5.32 Å². The number of amides is 1. The molecule has 0 saturated heterocycles. The summed E-state index contributed by atoms with van der Waals surface area (Å²) in [5.74, 6) is -0.199. The van der Waals surface area contributed by atoms with Crippen LogP contribution in [-0.2, 0) is 6.42 Å². The van der Waals surface area contributed by atoms with Crippen molar-refractivity contribution >= 4 is 22.6 Å². The molecular weight excluding hydrogens is 268 g/mol. The van der Waals surface area contributed by atoms with Crippen molar-refractivity contribution < 1.29 is 9.90 Å².